The molecule has 5 nitrogen and oxygen atoms in total. The van der Waals surface area contributed by atoms with E-state index in [1.54, 1.807) is 0 Å². The molecule has 0 saturated heterocycles. The smallest absolute Gasteiger partial charge is 0.416 e. The number of imidazole rings is 1. The molecule has 2 N–H and O–H groups in total. The van der Waals surface area contributed by atoms with E-state index in [9.17, 15) is 18.0 Å². The number of benzene rings is 2. The van der Waals surface area contributed by atoms with Crippen LogP contribution < -0.4 is 5.32 Å². The zero-order valence-corrected chi connectivity index (χ0v) is 15.1. The first-order chi connectivity index (χ1) is 13.9. The van der Waals surface area contributed by atoms with Crippen molar-refractivity contribution >= 4 is 16.9 Å². The lowest BCUT2D eigenvalue weighted by atomic mass is 10.1. The largest absolute Gasteiger partial charge is 0.451 e. The minimum Gasteiger partial charge on any atom is -0.451 e. The standard InChI is InChI=1S/C21H16F3N3O2/c22-21(23,24)14-5-3-4-13(12-14)17-8-9-18(29-17)20(28)25-11-10-19-26-15-6-1-2-7-16(15)27-19/h1-9,12H,10-11H2,(H,25,28)(H,26,27). The minimum atomic E-state index is -4.44. The second-order valence-electron chi connectivity index (χ2n) is 6.45. The Morgan fingerprint density at radius 3 is 2.69 bits per heavy atom. The summed E-state index contributed by atoms with van der Waals surface area (Å²) in [6, 6.07) is 15.3. The molecule has 0 unspecified atom stereocenters. The first-order valence-electron chi connectivity index (χ1n) is 8.89. The molecule has 0 radical (unpaired) electrons. The lowest BCUT2D eigenvalue weighted by Gasteiger charge is -2.07. The molecule has 8 heteroatoms. The fourth-order valence-electron chi connectivity index (χ4n) is 2.97. The van der Waals surface area contributed by atoms with Crippen LogP contribution in [0.5, 0.6) is 0 Å². The molecule has 1 amide bonds. The molecule has 2 aromatic carbocycles. The molecule has 0 aliphatic heterocycles. The van der Waals surface area contributed by atoms with Crippen molar-refractivity contribution in [1.29, 1.82) is 0 Å². The van der Waals surface area contributed by atoms with Crippen LogP contribution in [0.2, 0.25) is 0 Å². The number of carbonyl (C=O) groups is 1. The number of halogens is 3. The number of rotatable bonds is 5. The van der Waals surface area contributed by atoms with E-state index in [0.29, 0.717) is 13.0 Å². The van der Waals surface area contributed by atoms with Crippen LogP contribution in [0.25, 0.3) is 22.4 Å². The fraction of sp³-hybridized carbons (Fsp3) is 0.143. The second-order valence-corrected chi connectivity index (χ2v) is 6.45. The predicted octanol–water partition coefficient (Wildman–Crippen LogP) is 4.81. The van der Waals surface area contributed by atoms with Gasteiger partial charge in [-0.15, -0.1) is 0 Å². The highest BCUT2D eigenvalue weighted by molar-refractivity contribution is 5.92. The Morgan fingerprint density at radius 2 is 1.90 bits per heavy atom. The van der Waals surface area contributed by atoms with Crippen molar-refractivity contribution in [2.45, 2.75) is 12.6 Å². The number of nitrogens with one attached hydrogen (secondary N) is 2. The van der Waals surface area contributed by atoms with Crippen LogP contribution in [-0.4, -0.2) is 22.4 Å². The van der Waals surface area contributed by atoms with Crippen LogP contribution in [0.15, 0.2) is 65.1 Å². The zero-order valence-electron chi connectivity index (χ0n) is 15.1. The van der Waals surface area contributed by atoms with Gasteiger partial charge in [-0.3, -0.25) is 4.79 Å². The lowest BCUT2D eigenvalue weighted by molar-refractivity contribution is -0.137. The van der Waals surface area contributed by atoms with Crippen molar-refractivity contribution in [3.05, 3.63) is 77.8 Å². The van der Waals surface area contributed by atoms with Crippen LogP contribution in [0.4, 0.5) is 13.2 Å². The Morgan fingerprint density at radius 1 is 1.07 bits per heavy atom. The number of nitrogens with zero attached hydrogens (tertiary/aromatic N) is 1. The highest BCUT2D eigenvalue weighted by Gasteiger charge is 2.30. The van der Waals surface area contributed by atoms with Gasteiger partial charge in [0, 0.05) is 18.5 Å². The molecule has 0 aliphatic carbocycles. The molecule has 0 spiro atoms. The molecule has 4 aromatic rings. The second kappa shape index (κ2) is 7.46. The Hall–Kier alpha value is -3.55. The molecule has 0 bridgehead atoms. The van der Waals surface area contributed by atoms with Crippen LogP contribution in [0, 0.1) is 0 Å². The molecule has 2 heterocycles. The maximum Gasteiger partial charge on any atom is 0.416 e. The molecule has 0 atom stereocenters. The number of amides is 1. The predicted molar refractivity (Wildman–Crippen MR) is 101 cm³/mol. The van der Waals surface area contributed by atoms with Gasteiger partial charge in [-0.2, -0.15) is 13.2 Å². The van der Waals surface area contributed by atoms with Gasteiger partial charge in [0.05, 0.1) is 16.6 Å². The number of hydrogen-bond donors (Lipinski definition) is 2. The van der Waals surface area contributed by atoms with E-state index in [-0.39, 0.29) is 17.1 Å². The monoisotopic (exact) mass is 399 g/mol. The molecule has 0 fully saturated rings. The van der Waals surface area contributed by atoms with Crippen molar-refractivity contribution in [2.75, 3.05) is 6.54 Å². The van der Waals surface area contributed by atoms with Crippen molar-refractivity contribution in [3.8, 4) is 11.3 Å². The van der Waals surface area contributed by atoms with Gasteiger partial charge in [0.2, 0.25) is 0 Å². The van der Waals surface area contributed by atoms with Gasteiger partial charge in [-0.25, -0.2) is 4.98 Å². The molecular weight excluding hydrogens is 383 g/mol. The quantitative estimate of drug-likeness (QED) is 0.506. The van der Waals surface area contributed by atoms with E-state index >= 15 is 0 Å². The number of H-pyrrole nitrogens is 1. The van der Waals surface area contributed by atoms with Gasteiger partial charge in [0.25, 0.3) is 5.91 Å². The number of carbonyl (C=O) groups excluding carboxylic acids is 1. The summed E-state index contributed by atoms with van der Waals surface area (Å²) in [5, 5.41) is 2.72. The normalized spacial score (nSPS) is 11.7. The van der Waals surface area contributed by atoms with Crippen molar-refractivity contribution in [3.63, 3.8) is 0 Å². The van der Waals surface area contributed by atoms with Gasteiger partial charge < -0.3 is 14.7 Å². The van der Waals surface area contributed by atoms with E-state index in [4.69, 9.17) is 4.42 Å². The summed E-state index contributed by atoms with van der Waals surface area (Å²) in [7, 11) is 0. The summed E-state index contributed by atoms with van der Waals surface area (Å²) >= 11 is 0. The third-order valence-corrected chi connectivity index (χ3v) is 4.39. The topological polar surface area (TPSA) is 70.9 Å². The van der Waals surface area contributed by atoms with Crippen LogP contribution in [0.3, 0.4) is 0 Å². The molecular formula is C21H16F3N3O2. The highest BCUT2D eigenvalue weighted by Crippen LogP contribution is 2.32. The van der Waals surface area contributed by atoms with Gasteiger partial charge in [-0.05, 0) is 36.4 Å². The summed E-state index contributed by atoms with van der Waals surface area (Å²) in [6.07, 6.45) is -3.94. The van der Waals surface area contributed by atoms with Crippen molar-refractivity contribution in [2.24, 2.45) is 0 Å². The summed E-state index contributed by atoms with van der Waals surface area (Å²) < 4.78 is 44.0. The number of hydrogen-bond acceptors (Lipinski definition) is 3. The van der Waals surface area contributed by atoms with E-state index in [2.05, 4.69) is 15.3 Å². The third kappa shape index (κ3) is 4.16. The van der Waals surface area contributed by atoms with Crippen LogP contribution >= 0.6 is 0 Å². The molecule has 0 aliphatic rings. The Bertz CT molecular complexity index is 1130. The van der Waals surface area contributed by atoms with E-state index < -0.39 is 17.6 Å². The Kier molecular flexibility index (Phi) is 4.84. The number of aromatic nitrogens is 2. The zero-order chi connectivity index (χ0) is 20.4. The van der Waals surface area contributed by atoms with Gasteiger partial charge in [-0.1, -0.05) is 24.3 Å². The molecule has 2 aromatic heterocycles. The number of para-hydroxylation sites is 2. The van der Waals surface area contributed by atoms with Crippen LogP contribution in [-0.2, 0) is 12.6 Å². The lowest BCUT2D eigenvalue weighted by Crippen LogP contribution is -2.25. The van der Waals surface area contributed by atoms with Gasteiger partial charge >= 0.3 is 6.18 Å². The van der Waals surface area contributed by atoms with Gasteiger partial charge in [0.1, 0.15) is 11.6 Å². The number of fused-ring (bicyclic) bond motifs is 1. The molecule has 29 heavy (non-hydrogen) atoms. The Balaban J connectivity index is 1.39. The van der Waals surface area contributed by atoms with Gasteiger partial charge in [0.15, 0.2) is 5.76 Å². The number of furan rings is 1. The summed E-state index contributed by atoms with van der Waals surface area (Å²) in [5.41, 5.74) is 1.25. The average molecular weight is 399 g/mol. The van der Waals surface area contributed by atoms with Crippen LogP contribution in [0.1, 0.15) is 21.9 Å². The molecule has 0 saturated carbocycles. The number of alkyl halides is 3. The third-order valence-electron chi connectivity index (χ3n) is 4.39. The maximum absolute atomic E-state index is 12.9. The fourth-order valence-corrected chi connectivity index (χ4v) is 2.97. The minimum absolute atomic E-state index is 0.0296. The van der Waals surface area contributed by atoms with E-state index in [1.807, 2.05) is 24.3 Å². The SMILES string of the molecule is O=C(NCCc1nc2ccccc2[nH]1)c1ccc(-c2cccc(C(F)(F)F)c2)o1. The first-order valence-corrected chi connectivity index (χ1v) is 8.89. The van der Waals surface area contributed by atoms with E-state index in [0.717, 1.165) is 29.0 Å². The summed E-state index contributed by atoms with van der Waals surface area (Å²) in [6.45, 7) is 0.332. The Labute approximate surface area is 163 Å². The van der Waals surface area contributed by atoms with Crippen molar-refractivity contribution < 1.29 is 22.4 Å². The summed E-state index contributed by atoms with van der Waals surface area (Å²) in [5.74, 6) is 0.524. The highest BCUT2D eigenvalue weighted by atomic mass is 19.4. The number of aromatic amines is 1. The van der Waals surface area contributed by atoms with Crippen molar-refractivity contribution in [1.82, 2.24) is 15.3 Å². The first kappa shape index (κ1) is 18.8. The molecule has 148 valence electrons. The maximum atomic E-state index is 12.9. The molecule has 4 rings (SSSR count). The summed E-state index contributed by atoms with van der Waals surface area (Å²) in [4.78, 5) is 19.9. The average Bonchev–Trinajstić information content (AvgIpc) is 3.34. The van der Waals surface area contributed by atoms with E-state index in [1.165, 1.54) is 24.3 Å².